The van der Waals surface area contributed by atoms with Crippen molar-refractivity contribution in [2.45, 2.75) is 65.7 Å². The van der Waals surface area contributed by atoms with Crippen LogP contribution in [-0.2, 0) is 21.2 Å². The molecule has 0 aromatic heterocycles. The Labute approximate surface area is 195 Å². The number of carbonyl (C=O) groups excluding carboxylic acids is 1. The van der Waals surface area contributed by atoms with Gasteiger partial charge in [-0.25, -0.2) is 8.42 Å². The molecule has 178 valence electrons. The van der Waals surface area contributed by atoms with E-state index in [4.69, 9.17) is 0 Å². The van der Waals surface area contributed by atoms with E-state index in [0.29, 0.717) is 36.0 Å². The maximum Gasteiger partial charge on any atom is 0.233 e. The van der Waals surface area contributed by atoms with Crippen LogP contribution in [0, 0.1) is 29.6 Å². The zero-order valence-electron chi connectivity index (χ0n) is 20.2. The maximum absolute atomic E-state index is 11.6. The van der Waals surface area contributed by atoms with Gasteiger partial charge in [0, 0.05) is 6.42 Å². The number of hydrogen-bond acceptors (Lipinski definition) is 3. The lowest BCUT2D eigenvalue weighted by molar-refractivity contribution is -0.119. The van der Waals surface area contributed by atoms with Crippen LogP contribution < -0.4 is 4.72 Å². The molecule has 0 bridgehead atoms. The van der Waals surface area contributed by atoms with Gasteiger partial charge in [0.05, 0.1) is 6.26 Å². The Morgan fingerprint density at radius 1 is 1.16 bits per heavy atom. The SMILES string of the molecule is C[C@H](/C=C/[C@@H]1[C@@H](C/C=C/CCCC(=O)NS(C)(=O)=O)[C@@H](C)C[C@H]1C)CCc1ccccc1. The monoisotopic (exact) mass is 459 g/mol. The van der Waals surface area contributed by atoms with Crippen LogP contribution in [0.5, 0.6) is 0 Å². The van der Waals surface area contributed by atoms with Gasteiger partial charge in [-0.2, -0.15) is 0 Å². The van der Waals surface area contributed by atoms with Crippen LogP contribution in [-0.4, -0.2) is 20.6 Å². The highest BCUT2D eigenvalue weighted by atomic mass is 32.2. The summed E-state index contributed by atoms with van der Waals surface area (Å²) in [5.41, 5.74) is 1.41. The minimum atomic E-state index is -3.45. The summed E-state index contributed by atoms with van der Waals surface area (Å²) in [7, 11) is -3.45. The molecule has 0 unspecified atom stereocenters. The van der Waals surface area contributed by atoms with Gasteiger partial charge in [0.2, 0.25) is 15.9 Å². The largest absolute Gasteiger partial charge is 0.274 e. The summed E-state index contributed by atoms with van der Waals surface area (Å²) >= 11 is 0. The van der Waals surface area contributed by atoms with Gasteiger partial charge in [-0.1, -0.05) is 75.4 Å². The van der Waals surface area contributed by atoms with Gasteiger partial charge >= 0.3 is 0 Å². The smallest absolute Gasteiger partial charge is 0.233 e. The van der Waals surface area contributed by atoms with Crippen molar-refractivity contribution in [3.8, 4) is 0 Å². The predicted molar refractivity (Wildman–Crippen MR) is 134 cm³/mol. The van der Waals surface area contributed by atoms with E-state index < -0.39 is 15.9 Å². The Morgan fingerprint density at radius 3 is 2.56 bits per heavy atom. The highest BCUT2D eigenvalue weighted by Crippen LogP contribution is 2.44. The molecule has 5 atom stereocenters. The van der Waals surface area contributed by atoms with Crippen LogP contribution in [0.25, 0.3) is 0 Å². The van der Waals surface area contributed by atoms with E-state index in [1.54, 1.807) is 0 Å². The fraction of sp³-hybridized carbons (Fsp3) is 0.593. The molecule has 1 amide bonds. The number of hydrogen-bond donors (Lipinski definition) is 1. The summed E-state index contributed by atoms with van der Waals surface area (Å²) in [5.74, 6) is 2.85. The minimum absolute atomic E-state index is 0.237. The second kappa shape index (κ2) is 13.0. The molecule has 1 aliphatic rings. The molecule has 2 rings (SSSR count). The second-order valence-corrected chi connectivity index (χ2v) is 11.5. The van der Waals surface area contributed by atoms with Crippen LogP contribution in [0.1, 0.15) is 64.9 Å². The van der Waals surface area contributed by atoms with Crippen LogP contribution in [0.15, 0.2) is 54.6 Å². The summed E-state index contributed by atoms with van der Waals surface area (Å²) in [6.07, 6.45) is 16.7. The van der Waals surface area contributed by atoms with Crippen molar-refractivity contribution in [1.82, 2.24) is 4.72 Å². The number of benzene rings is 1. The molecule has 4 nitrogen and oxygen atoms in total. The number of sulfonamides is 1. The van der Waals surface area contributed by atoms with Crippen molar-refractivity contribution in [2.24, 2.45) is 29.6 Å². The lowest BCUT2D eigenvalue weighted by Gasteiger charge is -2.21. The number of allylic oxidation sites excluding steroid dienone is 4. The van der Waals surface area contributed by atoms with Crippen molar-refractivity contribution < 1.29 is 13.2 Å². The highest BCUT2D eigenvalue weighted by Gasteiger charge is 2.36. The number of carbonyl (C=O) groups is 1. The van der Waals surface area contributed by atoms with Gasteiger partial charge in [0.1, 0.15) is 0 Å². The van der Waals surface area contributed by atoms with Crippen LogP contribution in [0.3, 0.4) is 0 Å². The van der Waals surface area contributed by atoms with Gasteiger partial charge in [0.15, 0.2) is 0 Å². The van der Waals surface area contributed by atoms with Crippen molar-refractivity contribution in [3.05, 3.63) is 60.2 Å². The fourth-order valence-corrected chi connectivity index (χ4v) is 5.42. The Morgan fingerprint density at radius 2 is 1.88 bits per heavy atom. The third kappa shape index (κ3) is 9.72. The number of aryl methyl sites for hydroxylation is 1. The summed E-state index contributed by atoms with van der Waals surface area (Å²) in [5, 5.41) is 0. The topological polar surface area (TPSA) is 63.2 Å². The lowest BCUT2D eigenvalue weighted by Crippen LogP contribution is -2.28. The Bertz CT molecular complexity index is 860. The summed E-state index contributed by atoms with van der Waals surface area (Å²) in [6, 6.07) is 10.7. The molecule has 1 N–H and O–H groups in total. The predicted octanol–water partition coefficient (Wildman–Crippen LogP) is 5.91. The fourth-order valence-electron chi connectivity index (χ4n) is 4.90. The van der Waals surface area contributed by atoms with Gasteiger partial charge in [-0.3, -0.25) is 9.52 Å². The van der Waals surface area contributed by atoms with Gasteiger partial charge in [-0.05, 0) is 73.7 Å². The van der Waals surface area contributed by atoms with E-state index in [2.05, 4.69) is 75.4 Å². The zero-order chi connectivity index (χ0) is 23.6. The molecular formula is C27H41NO3S. The average molecular weight is 460 g/mol. The first kappa shape index (κ1) is 26.4. The molecule has 1 saturated carbocycles. The summed E-state index contributed by atoms with van der Waals surface area (Å²) in [4.78, 5) is 11.6. The standard InChI is InChI=1S/C27H41NO3S/c1-21(16-18-24-12-8-7-9-13-24)17-19-26-23(3)20-22(2)25(26)14-10-5-6-11-15-27(29)28-32(4,30)31/h5,7-10,12-13,17,19,21-23,25-26H,6,11,14-16,18,20H2,1-4H3,(H,28,29)/b10-5+,19-17+/t21-,22-,23+,25-,26-/m0/s1. The third-order valence-corrected chi connectivity index (χ3v) is 7.27. The van der Waals surface area contributed by atoms with E-state index in [-0.39, 0.29) is 6.42 Å². The quantitative estimate of drug-likeness (QED) is 0.312. The Hall–Kier alpha value is -1.88. The number of nitrogens with one attached hydrogen (secondary N) is 1. The number of unbranched alkanes of at least 4 members (excludes halogenated alkanes) is 1. The van der Waals surface area contributed by atoms with Crippen LogP contribution in [0.2, 0.25) is 0 Å². The Kier molecular flexibility index (Phi) is 10.7. The molecule has 1 fully saturated rings. The highest BCUT2D eigenvalue weighted by molar-refractivity contribution is 7.89. The minimum Gasteiger partial charge on any atom is -0.274 e. The molecular weight excluding hydrogens is 418 g/mol. The van der Waals surface area contributed by atoms with Crippen LogP contribution >= 0.6 is 0 Å². The molecule has 1 aromatic carbocycles. The number of amides is 1. The first-order valence-corrected chi connectivity index (χ1v) is 13.9. The molecule has 0 aliphatic heterocycles. The number of rotatable bonds is 12. The molecule has 32 heavy (non-hydrogen) atoms. The molecule has 1 aromatic rings. The lowest BCUT2D eigenvalue weighted by atomic mass is 9.84. The second-order valence-electron chi connectivity index (χ2n) is 9.71. The van der Waals surface area contributed by atoms with Crippen molar-refractivity contribution in [3.63, 3.8) is 0 Å². The Balaban J connectivity index is 1.77. The summed E-state index contributed by atoms with van der Waals surface area (Å²) in [6.45, 7) is 7.07. The zero-order valence-corrected chi connectivity index (χ0v) is 21.0. The third-order valence-electron chi connectivity index (χ3n) is 6.67. The van der Waals surface area contributed by atoms with E-state index in [0.717, 1.165) is 25.5 Å². The molecule has 0 spiro atoms. The van der Waals surface area contributed by atoms with Gasteiger partial charge < -0.3 is 0 Å². The molecule has 5 heteroatoms. The van der Waals surface area contributed by atoms with E-state index in [1.165, 1.54) is 18.4 Å². The van der Waals surface area contributed by atoms with E-state index in [9.17, 15) is 13.2 Å². The molecule has 1 aliphatic carbocycles. The van der Waals surface area contributed by atoms with Crippen molar-refractivity contribution >= 4 is 15.9 Å². The first-order valence-electron chi connectivity index (χ1n) is 12.0. The molecule has 0 radical (unpaired) electrons. The molecule has 0 saturated heterocycles. The van der Waals surface area contributed by atoms with E-state index in [1.807, 2.05) is 4.72 Å². The van der Waals surface area contributed by atoms with Gasteiger partial charge in [-0.15, -0.1) is 0 Å². The average Bonchev–Trinajstić information content (AvgIpc) is 2.99. The maximum atomic E-state index is 11.6. The summed E-state index contributed by atoms with van der Waals surface area (Å²) < 4.78 is 24.1. The normalized spacial score (nSPS) is 24.9. The van der Waals surface area contributed by atoms with Crippen molar-refractivity contribution in [2.75, 3.05) is 6.26 Å². The molecule has 0 heterocycles. The first-order chi connectivity index (χ1) is 15.2. The van der Waals surface area contributed by atoms with Gasteiger partial charge in [0.25, 0.3) is 0 Å². The van der Waals surface area contributed by atoms with E-state index >= 15 is 0 Å². The van der Waals surface area contributed by atoms with Crippen molar-refractivity contribution in [1.29, 1.82) is 0 Å². The van der Waals surface area contributed by atoms with Crippen LogP contribution in [0.4, 0.5) is 0 Å².